The molecule has 0 spiro atoms. The molecule has 0 radical (unpaired) electrons. The van der Waals surface area contributed by atoms with Gasteiger partial charge < -0.3 is 5.32 Å². The van der Waals surface area contributed by atoms with E-state index in [0.717, 1.165) is 24.4 Å². The molecule has 4 rings (SSSR count). The van der Waals surface area contributed by atoms with Crippen LogP contribution in [-0.4, -0.2) is 20.7 Å². The molecular weight excluding hydrogens is 431 g/mol. The number of hydrogen-bond donors (Lipinski definition) is 1. The zero-order valence-corrected chi connectivity index (χ0v) is 16.9. The third-order valence-corrected chi connectivity index (χ3v) is 4.94. The number of halogens is 4. The summed E-state index contributed by atoms with van der Waals surface area (Å²) in [5.74, 6) is -0.323. The van der Waals surface area contributed by atoms with Gasteiger partial charge in [0.05, 0.1) is 29.1 Å². The number of rotatable bonds is 3. The number of aromatic nitrogens is 3. The normalized spacial score (nSPS) is 15.4. The van der Waals surface area contributed by atoms with Crippen molar-refractivity contribution in [1.82, 2.24) is 20.1 Å². The largest absolute Gasteiger partial charge is 0.433 e. The molecule has 0 saturated carbocycles. The van der Waals surface area contributed by atoms with E-state index < -0.39 is 11.9 Å². The first-order valence-electron chi connectivity index (χ1n) is 9.27. The molecule has 1 N–H and O–H groups in total. The second-order valence-corrected chi connectivity index (χ2v) is 6.97. The molecule has 3 aromatic rings. The zero-order valence-electron chi connectivity index (χ0n) is 16.1. The smallest absolute Gasteiger partial charge is 0.344 e. The van der Waals surface area contributed by atoms with Crippen LogP contribution in [-0.2, 0) is 12.7 Å². The molecule has 0 saturated heterocycles. The summed E-state index contributed by atoms with van der Waals surface area (Å²) in [5.41, 5.74) is 1.21. The number of aryl methyl sites for hydroxylation is 1. The number of nitrogens with zero attached hydrogens (tertiary/aromatic N) is 4. The van der Waals surface area contributed by atoms with Gasteiger partial charge in [0, 0.05) is 23.9 Å². The van der Waals surface area contributed by atoms with Crippen molar-refractivity contribution < 1.29 is 18.0 Å². The fourth-order valence-corrected chi connectivity index (χ4v) is 3.49. The molecule has 1 aromatic carbocycles. The van der Waals surface area contributed by atoms with Crippen LogP contribution in [0.4, 0.5) is 13.2 Å². The maximum absolute atomic E-state index is 13.0. The highest BCUT2D eigenvalue weighted by Crippen LogP contribution is 2.32. The van der Waals surface area contributed by atoms with E-state index in [2.05, 4.69) is 15.4 Å². The average molecular weight is 448 g/mol. The summed E-state index contributed by atoms with van der Waals surface area (Å²) >= 11 is 0. The summed E-state index contributed by atoms with van der Waals surface area (Å²) in [6, 6.07) is 12.2. The van der Waals surface area contributed by atoms with Gasteiger partial charge in [0.2, 0.25) is 0 Å². The van der Waals surface area contributed by atoms with E-state index >= 15 is 0 Å². The van der Waals surface area contributed by atoms with E-state index in [0.29, 0.717) is 35.3 Å². The first-order valence-corrected chi connectivity index (χ1v) is 9.27. The van der Waals surface area contributed by atoms with Crippen LogP contribution in [0.3, 0.4) is 0 Å². The number of fused-ring (bicyclic) bond motifs is 1. The molecule has 0 unspecified atom stereocenters. The van der Waals surface area contributed by atoms with Crippen LogP contribution >= 0.6 is 12.4 Å². The number of amides is 1. The summed E-state index contributed by atoms with van der Waals surface area (Å²) in [7, 11) is 0. The van der Waals surface area contributed by atoms with Crippen LogP contribution in [0.15, 0.2) is 48.7 Å². The number of nitriles is 1. The Labute approximate surface area is 182 Å². The summed E-state index contributed by atoms with van der Waals surface area (Å²) in [4.78, 5) is 16.0. The van der Waals surface area contributed by atoms with Crippen molar-refractivity contribution in [3.05, 3.63) is 71.2 Å². The lowest BCUT2D eigenvalue weighted by Crippen LogP contribution is -2.32. The third kappa shape index (κ3) is 4.70. The lowest BCUT2D eigenvalue weighted by molar-refractivity contribution is -0.141. The highest BCUT2D eigenvalue weighted by molar-refractivity contribution is 5.94. The van der Waals surface area contributed by atoms with Gasteiger partial charge in [0.25, 0.3) is 5.91 Å². The van der Waals surface area contributed by atoms with Crippen LogP contribution in [0.5, 0.6) is 0 Å². The Morgan fingerprint density at radius 2 is 2.03 bits per heavy atom. The van der Waals surface area contributed by atoms with Crippen molar-refractivity contribution >= 4 is 18.3 Å². The van der Waals surface area contributed by atoms with E-state index in [1.54, 1.807) is 28.9 Å². The summed E-state index contributed by atoms with van der Waals surface area (Å²) in [6.07, 6.45) is -1.98. The molecule has 0 bridgehead atoms. The van der Waals surface area contributed by atoms with Crippen LogP contribution in [0.25, 0.3) is 11.3 Å². The molecule has 6 nitrogen and oxygen atoms in total. The number of benzene rings is 1. The Hall–Kier alpha value is -3.38. The molecule has 0 fully saturated rings. The zero-order chi connectivity index (χ0) is 21.3. The molecule has 0 aliphatic carbocycles. The van der Waals surface area contributed by atoms with Crippen molar-refractivity contribution in [2.75, 3.05) is 0 Å². The summed E-state index contributed by atoms with van der Waals surface area (Å²) < 4.78 is 40.6. The average Bonchev–Trinajstić information content (AvgIpc) is 3.19. The summed E-state index contributed by atoms with van der Waals surface area (Å²) in [5, 5.41) is 16.4. The van der Waals surface area contributed by atoms with Gasteiger partial charge in [-0.05, 0) is 49.2 Å². The predicted molar refractivity (Wildman–Crippen MR) is 108 cm³/mol. The van der Waals surface area contributed by atoms with Gasteiger partial charge in [-0.2, -0.15) is 23.5 Å². The standard InChI is InChI=1S/C21H16F3N5O.ClH/c22-21(23,24)19-10-14(6-7-26-19)17-11-18-16(5-2-8-29(18)28-17)27-20(30)15-4-1-3-13(9-15)12-25;/h1,3-4,6-7,9-11,16H,2,5,8H2,(H,27,30);1H/t16-;/m0./s1. The van der Waals surface area contributed by atoms with Gasteiger partial charge in [-0.1, -0.05) is 6.07 Å². The molecule has 10 heteroatoms. The minimum absolute atomic E-state index is 0. The van der Waals surface area contributed by atoms with Crippen LogP contribution in [0.1, 0.15) is 46.2 Å². The third-order valence-electron chi connectivity index (χ3n) is 4.94. The van der Waals surface area contributed by atoms with Crippen molar-refractivity contribution in [2.45, 2.75) is 31.6 Å². The Balaban J connectivity index is 0.00000272. The monoisotopic (exact) mass is 447 g/mol. The topological polar surface area (TPSA) is 83.6 Å². The fraction of sp³-hybridized carbons (Fsp3) is 0.238. The van der Waals surface area contributed by atoms with Crippen LogP contribution < -0.4 is 5.32 Å². The molecule has 31 heavy (non-hydrogen) atoms. The predicted octanol–water partition coefficient (Wildman–Crippen LogP) is 4.52. The molecule has 3 heterocycles. The maximum Gasteiger partial charge on any atom is 0.433 e. The van der Waals surface area contributed by atoms with Crippen molar-refractivity contribution in [2.24, 2.45) is 0 Å². The summed E-state index contributed by atoms with van der Waals surface area (Å²) in [6.45, 7) is 0.614. The quantitative estimate of drug-likeness (QED) is 0.639. The number of pyridine rings is 1. The van der Waals surface area contributed by atoms with Gasteiger partial charge in [-0.3, -0.25) is 14.5 Å². The number of hydrogen-bond acceptors (Lipinski definition) is 4. The lowest BCUT2D eigenvalue weighted by Gasteiger charge is -2.24. The Morgan fingerprint density at radius 1 is 1.23 bits per heavy atom. The Bertz CT molecular complexity index is 1150. The number of carbonyl (C=O) groups excluding carboxylic acids is 1. The van der Waals surface area contributed by atoms with Crippen molar-refractivity contribution in [3.8, 4) is 17.3 Å². The fourth-order valence-electron chi connectivity index (χ4n) is 3.49. The molecule has 160 valence electrons. The highest BCUT2D eigenvalue weighted by Gasteiger charge is 2.33. The van der Waals surface area contributed by atoms with Gasteiger partial charge >= 0.3 is 6.18 Å². The molecule has 1 atom stereocenters. The first-order chi connectivity index (χ1) is 14.3. The van der Waals surface area contributed by atoms with E-state index in [1.165, 1.54) is 12.1 Å². The second kappa shape index (κ2) is 8.78. The Kier molecular flexibility index (Phi) is 6.32. The lowest BCUT2D eigenvalue weighted by atomic mass is 10.0. The number of carbonyl (C=O) groups is 1. The van der Waals surface area contributed by atoms with Gasteiger partial charge in [0.1, 0.15) is 5.69 Å². The van der Waals surface area contributed by atoms with Gasteiger partial charge in [0.15, 0.2) is 0 Å². The molecule has 2 aromatic heterocycles. The van der Waals surface area contributed by atoms with Crippen LogP contribution in [0, 0.1) is 11.3 Å². The van der Waals surface area contributed by atoms with Crippen LogP contribution in [0.2, 0.25) is 0 Å². The van der Waals surface area contributed by atoms with E-state index in [1.807, 2.05) is 6.07 Å². The van der Waals surface area contributed by atoms with Gasteiger partial charge in [-0.25, -0.2) is 0 Å². The molecule has 1 aliphatic heterocycles. The molecule has 1 aliphatic rings. The van der Waals surface area contributed by atoms with E-state index in [9.17, 15) is 18.0 Å². The minimum atomic E-state index is -4.54. The van der Waals surface area contributed by atoms with E-state index in [4.69, 9.17) is 5.26 Å². The SMILES string of the molecule is Cl.N#Cc1cccc(C(=O)N[C@H]2CCCn3nc(-c4ccnc(C(F)(F)F)c4)cc32)c1. The minimum Gasteiger partial charge on any atom is -0.344 e. The second-order valence-electron chi connectivity index (χ2n) is 6.97. The first kappa shape index (κ1) is 22.3. The number of alkyl halides is 3. The highest BCUT2D eigenvalue weighted by atomic mass is 35.5. The van der Waals surface area contributed by atoms with Crippen molar-refractivity contribution in [3.63, 3.8) is 0 Å². The molecular formula is C21H17ClF3N5O. The maximum atomic E-state index is 13.0. The van der Waals surface area contributed by atoms with Crippen molar-refractivity contribution in [1.29, 1.82) is 5.26 Å². The van der Waals surface area contributed by atoms with E-state index in [-0.39, 0.29) is 24.4 Å². The Morgan fingerprint density at radius 3 is 2.77 bits per heavy atom. The molecule has 1 amide bonds. The van der Waals surface area contributed by atoms with Gasteiger partial charge in [-0.15, -0.1) is 12.4 Å². The number of nitrogens with one attached hydrogen (secondary N) is 1.